The third kappa shape index (κ3) is 3.65. The summed E-state index contributed by atoms with van der Waals surface area (Å²) in [5.41, 5.74) is 3.16. The average molecular weight is 312 g/mol. The van der Waals surface area contributed by atoms with Crippen molar-refractivity contribution in [3.63, 3.8) is 0 Å². The molecule has 0 unspecified atom stereocenters. The first-order chi connectivity index (χ1) is 11.3. The SMILES string of the molecule is COCCNC(=O)c1cnc(N2CCc3ccccc3C2)nc1. The van der Waals surface area contributed by atoms with E-state index in [0.29, 0.717) is 24.7 Å². The Morgan fingerprint density at radius 3 is 2.74 bits per heavy atom. The number of aromatic nitrogens is 2. The number of benzene rings is 1. The van der Waals surface area contributed by atoms with Crippen LogP contribution in [0.5, 0.6) is 0 Å². The summed E-state index contributed by atoms with van der Waals surface area (Å²) < 4.78 is 4.90. The molecule has 1 aromatic carbocycles. The van der Waals surface area contributed by atoms with Crippen molar-refractivity contribution < 1.29 is 9.53 Å². The summed E-state index contributed by atoms with van der Waals surface area (Å²) in [6, 6.07) is 8.43. The van der Waals surface area contributed by atoms with Crippen LogP contribution < -0.4 is 10.2 Å². The quantitative estimate of drug-likeness (QED) is 0.846. The van der Waals surface area contributed by atoms with Gasteiger partial charge >= 0.3 is 0 Å². The minimum absolute atomic E-state index is 0.183. The number of carbonyl (C=O) groups excluding carboxylic acids is 1. The van der Waals surface area contributed by atoms with E-state index in [2.05, 4.69) is 44.5 Å². The highest BCUT2D eigenvalue weighted by molar-refractivity contribution is 5.93. The van der Waals surface area contributed by atoms with Gasteiger partial charge in [0.15, 0.2) is 0 Å². The second kappa shape index (κ2) is 7.19. The van der Waals surface area contributed by atoms with Crippen molar-refractivity contribution >= 4 is 11.9 Å². The van der Waals surface area contributed by atoms with E-state index in [1.165, 1.54) is 11.1 Å². The number of hydrogen-bond acceptors (Lipinski definition) is 5. The fraction of sp³-hybridized carbons (Fsp3) is 0.353. The molecule has 0 bridgehead atoms. The second-order valence-corrected chi connectivity index (χ2v) is 5.46. The zero-order valence-electron chi connectivity index (χ0n) is 13.2. The zero-order valence-corrected chi connectivity index (χ0v) is 13.2. The van der Waals surface area contributed by atoms with Gasteiger partial charge in [0.25, 0.3) is 5.91 Å². The van der Waals surface area contributed by atoms with E-state index < -0.39 is 0 Å². The molecule has 0 radical (unpaired) electrons. The average Bonchev–Trinajstić information content (AvgIpc) is 2.61. The fourth-order valence-corrected chi connectivity index (χ4v) is 2.64. The molecule has 3 rings (SSSR count). The second-order valence-electron chi connectivity index (χ2n) is 5.46. The number of methoxy groups -OCH3 is 1. The van der Waals surface area contributed by atoms with Crippen LogP contribution in [0.15, 0.2) is 36.7 Å². The molecule has 0 saturated heterocycles. The third-order valence-electron chi connectivity index (χ3n) is 3.91. The minimum Gasteiger partial charge on any atom is -0.383 e. The van der Waals surface area contributed by atoms with Crippen molar-refractivity contribution in [2.24, 2.45) is 0 Å². The van der Waals surface area contributed by atoms with Gasteiger partial charge in [-0.1, -0.05) is 24.3 Å². The van der Waals surface area contributed by atoms with E-state index in [1.807, 2.05) is 0 Å². The lowest BCUT2D eigenvalue weighted by Gasteiger charge is -2.28. The van der Waals surface area contributed by atoms with Crippen molar-refractivity contribution in [1.82, 2.24) is 15.3 Å². The molecule has 1 amide bonds. The van der Waals surface area contributed by atoms with E-state index in [4.69, 9.17) is 4.74 Å². The number of carbonyl (C=O) groups is 1. The van der Waals surface area contributed by atoms with Crippen LogP contribution in [-0.4, -0.2) is 42.7 Å². The lowest BCUT2D eigenvalue weighted by molar-refractivity contribution is 0.0936. The molecule has 6 heteroatoms. The van der Waals surface area contributed by atoms with Crippen LogP contribution in [0.3, 0.4) is 0 Å². The molecule has 23 heavy (non-hydrogen) atoms. The molecule has 0 aliphatic carbocycles. The minimum atomic E-state index is -0.183. The number of fused-ring (bicyclic) bond motifs is 1. The maximum Gasteiger partial charge on any atom is 0.254 e. The summed E-state index contributed by atoms with van der Waals surface area (Å²) in [4.78, 5) is 22.7. The zero-order chi connectivity index (χ0) is 16.1. The van der Waals surface area contributed by atoms with Crippen LogP contribution in [0.1, 0.15) is 21.5 Å². The Kier molecular flexibility index (Phi) is 4.83. The Balaban J connectivity index is 1.65. The number of amides is 1. The van der Waals surface area contributed by atoms with Crippen molar-refractivity contribution in [1.29, 1.82) is 0 Å². The molecule has 1 aliphatic rings. The highest BCUT2D eigenvalue weighted by Crippen LogP contribution is 2.21. The predicted molar refractivity (Wildman–Crippen MR) is 87.4 cm³/mol. The Hall–Kier alpha value is -2.47. The molecule has 2 aromatic rings. The Bertz CT molecular complexity index is 673. The molecule has 0 saturated carbocycles. The topological polar surface area (TPSA) is 67.3 Å². The van der Waals surface area contributed by atoms with E-state index in [1.54, 1.807) is 19.5 Å². The van der Waals surface area contributed by atoms with Crippen molar-refractivity contribution in [2.75, 3.05) is 31.7 Å². The Labute approximate surface area is 135 Å². The number of hydrogen-bond donors (Lipinski definition) is 1. The van der Waals surface area contributed by atoms with Gasteiger partial charge in [-0.15, -0.1) is 0 Å². The summed E-state index contributed by atoms with van der Waals surface area (Å²) in [6.45, 7) is 2.64. The van der Waals surface area contributed by atoms with E-state index in [-0.39, 0.29) is 5.91 Å². The molecule has 0 fully saturated rings. The predicted octanol–water partition coefficient (Wildman–Crippen LogP) is 1.42. The fourth-order valence-electron chi connectivity index (χ4n) is 2.64. The summed E-state index contributed by atoms with van der Waals surface area (Å²) in [7, 11) is 1.60. The van der Waals surface area contributed by atoms with Gasteiger partial charge in [0.2, 0.25) is 5.95 Å². The van der Waals surface area contributed by atoms with Crippen LogP contribution in [0.25, 0.3) is 0 Å². The smallest absolute Gasteiger partial charge is 0.254 e. The Morgan fingerprint density at radius 2 is 2.00 bits per heavy atom. The number of nitrogens with one attached hydrogen (secondary N) is 1. The van der Waals surface area contributed by atoms with E-state index in [0.717, 1.165) is 19.5 Å². The van der Waals surface area contributed by atoms with Gasteiger partial charge in [0, 0.05) is 39.1 Å². The van der Waals surface area contributed by atoms with Gasteiger partial charge in [-0.2, -0.15) is 0 Å². The normalized spacial score (nSPS) is 13.5. The molecular weight excluding hydrogens is 292 g/mol. The van der Waals surface area contributed by atoms with Gasteiger partial charge in [-0.3, -0.25) is 4.79 Å². The van der Waals surface area contributed by atoms with E-state index in [9.17, 15) is 4.79 Å². The largest absolute Gasteiger partial charge is 0.383 e. The Morgan fingerprint density at radius 1 is 1.26 bits per heavy atom. The molecule has 0 atom stereocenters. The standard InChI is InChI=1S/C17H20N4O2/c1-23-9-7-18-16(22)15-10-19-17(20-11-15)21-8-6-13-4-2-3-5-14(13)12-21/h2-5,10-11H,6-9,12H2,1H3,(H,18,22). The third-order valence-corrected chi connectivity index (χ3v) is 3.91. The monoisotopic (exact) mass is 312 g/mol. The number of rotatable bonds is 5. The molecule has 6 nitrogen and oxygen atoms in total. The van der Waals surface area contributed by atoms with Gasteiger partial charge in [0.05, 0.1) is 12.2 Å². The van der Waals surface area contributed by atoms with E-state index >= 15 is 0 Å². The molecule has 1 aliphatic heterocycles. The van der Waals surface area contributed by atoms with Crippen LogP contribution >= 0.6 is 0 Å². The number of ether oxygens (including phenoxy) is 1. The van der Waals surface area contributed by atoms with Crippen LogP contribution in [-0.2, 0) is 17.7 Å². The molecule has 2 heterocycles. The first-order valence-electron chi connectivity index (χ1n) is 7.69. The molecule has 0 spiro atoms. The summed E-state index contributed by atoms with van der Waals surface area (Å²) >= 11 is 0. The van der Waals surface area contributed by atoms with Gasteiger partial charge in [0.1, 0.15) is 0 Å². The first-order valence-corrected chi connectivity index (χ1v) is 7.69. The van der Waals surface area contributed by atoms with Crippen molar-refractivity contribution in [3.8, 4) is 0 Å². The molecule has 120 valence electrons. The van der Waals surface area contributed by atoms with Gasteiger partial charge < -0.3 is 15.0 Å². The maximum absolute atomic E-state index is 11.9. The van der Waals surface area contributed by atoms with Crippen LogP contribution in [0.2, 0.25) is 0 Å². The van der Waals surface area contributed by atoms with Crippen molar-refractivity contribution in [2.45, 2.75) is 13.0 Å². The van der Waals surface area contributed by atoms with Crippen LogP contribution in [0, 0.1) is 0 Å². The van der Waals surface area contributed by atoms with Crippen molar-refractivity contribution in [3.05, 3.63) is 53.3 Å². The molecule has 1 N–H and O–H groups in total. The maximum atomic E-state index is 11.9. The van der Waals surface area contributed by atoms with Gasteiger partial charge in [-0.25, -0.2) is 9.97 Å². The van der Waals surface area contributed by atoms with Gasteiger partial charge in [-0.05, 0) is 17.5 Å². The molecule has 1 aromatic heterocycles. The lowest BCUT2D eigenvalue weighted by atomic mass is 10.0. The van der Waals surface area contributed by atoms with Crippen LogP contribution in [0.4, 0.5) is 5.95 Å². The molecular formula is C17H20N4O2. The summed E-state index contributed by atoms with van der Waals surface area (Å²) in [5, 5.41) is 2.75. The summed E-state index contributed by atoms with van der Waals surface area (Å²) in [5.74, 6) is 0.477. The highest BCUT2D eigenvalue weighted by atomic mass is 16.5. The summed E-state index contributed by atoms with van der Waals surface area (Å²) in [6.07, 6.45) is 4.13. The number of nitrogens with zero attached hydrogens (tertiary/aromatic N) is 3. The lowest BCUT2D eigenvalue weighted by Crippen LogP contribution is -2.32. The first kappa shape index (κ1) is 15.4. The highest BCUT2D eigenvalue weighted by Gasteiger charge is 2.18. The number of anilines is 1.